The highest BCUT2D eigenvalue weighted by Gasteiger charge is 2.15. The van der Waals surface area contributed by atoms with Crippen molar-refractivity contribution in [2.75, 3.05) is 0 Å². The molecule has 1 atom stereocenters. The fourth-order valence-electron chi connectivity index (χ4n) is 2.04. The molecule has 18 heavy (non-hydrogen) atoms. The second-order valence-corrected chi connectivity index (χ2v) is 5.05. The molecule has 0 aliphatic carbocycles. The minimum Gasteiger partial charge on any atom is -0.336 e. The first-order chi connectivity index (χ1) is 8.78. The minimum atomic E-state index is 0.0158. The first-order valence-electron chi connectivity index (χ1n) is 5.61. The van der Waals surface area contributed by atoms with E-state index in [1.807, 2.05) is 40.0 Å². The third-order valence-corrected chi connectivity index (χ3v) is 3.74. The van der Waals surface area contributed by atoms with Crippen LogP contribution < -0.4 is 11.3 Å². The monoisotopic (exact) mass is 262 g/mol. The van der Waals surface area contributed by atoms with Crippen molar-refractivity contribution in [3.8, 4) is 0 Å². The van der Waals surface area contributed by atoms with E-state index in [-0.39, 0.29) is 6.04 Å². The van der Waals surface area contributed by atoms with Crippen molar-refractivity contribution in [1.29, 1.82) is 0 Å². The van der Waals surface area contributed by atoms with Gasteiger partial charge in [-0.2, -0.15) is 0 Å². The third kappa shape index (κ3) is 1.92. The second kappa shape index (κ2) is 4.52. The summed E-state index contributed by atoms with van der Waals surface area (Å²) in [6.45, 7) is 0. The van der Waals surface area contributed by atoms with Crippen LogP contribution in [0.15, 0.2) is 30.3 Å². The van der Waals surface area contributed by atoms with Crippen LogP contribution in [-0.2, 0) is 13.5 Å². The Hall–Kier alpha value is -1.70. The average Bonchev–Trinajstić information content (AvgIpc) is 3.01. The van der Waals surface area contributed by atoms with Crippen LogP contribution in [0.2, 0.25) is 0 Å². The molecule has 3 N–H and O–H groups in total. The number of thiazole rings is 1. The van der Waals surface area contributed by atoms with Gasteiger partial charge >= 0.3 is 0 Å². The normalized spacial score (nSPS) is 13.2. The van der Waals surface area contributed by atoms with E-state index in [0.717, 1.165) is 22.8 Å². The Morgan fingerprint density at radius 3 is 3.11 bits per heavy atom. The van der Waals surface area contributed by atoms with Gasteiger partial charge < -0.3 is 4.57 Å². The van der Waals surface area contributed by atoms with E-state index in [9.17, 15) is 0 Å². The van der Waals surface area contributed by atoms with Gasteiger partial charge in [0.25, 0.3) is 0 Å². The maximum Gasteiger partial charge on any atom is 0.193 e. The fraction of sp³-hybridized carbons (Fsp3) is 0.273. The predicted molar refractivity (Wildman–Crippen MR) is 70.0 cm³/mol. The SMILES string of the molecule is Cn1cncc1C(Cc1cn2ccsc2n1)NN. The van der Waals surface area contributed by atoms with Crippen molar-refractivity contribution in [1.82, 2.24) is 24.4 Å². The number of hydrogen-bond acceptors (Lipinski definition) is 5. The first-order valence-corrected chi connectivity index (χ1v) is 6.49. The Bertz CT molecular complexity index is 623. The molecule has 0 aromatic carbocycles. The Labute approximate surface area is 108 Å². The van der Waals surface area contributed by atoms with E-state index >= 15 is 0 Å². The zero-order chi connectivity index (χ0) is 12.5. The number of aryl methyl sites for hydroxylation is 1. The summed E-state index contributed by atoms with van der Waals surface area (Å²) >= 11 is 1.63. The average molecular weight is 262 g/mol. The van der Waals surface area contributed by atoms with Gasteiger partial charge in [-0.25, -0.2) is 9.97 Å². The number of nitrogens with one attached hydrogen (secondary N) is 1. The summed E-state index contributed by atoms with van der Waals surface area (Å²) in [4.78, 5) is 9.67. The van der Waals surface area contributed by atoms with Crippen LogP contribution in [0.25, 0.3) is 4.96 Å². The summed E-state index contributed by atoms with van der Waals surface area (Å²) in [6, 6.07) is 0.0158. The highest BCUT2D eigenvalue weighted by molar-refractivity contribution is 7.15. The molecule has 0 saturated carbocycles. The minimum absolute atomic E-state index is 0.0158. The number of rotatable bonds is 4. The highest BCUT2D eigenvalue weighted by atomic mass is 32.1. The van der Waals surface area contributed by atoms with E-state index in [0.29, 0.717) is 0 Å². The van der Waals surface area contributed by atoms with Gasteiger partial charge in [-0.05, 0) is 0 Å². The molecule has 0 saturated heterocycles. The molecular weight excluding hydrogens is 248 g/mol. The molecule has 3 aromatic rings. The number of hydrogen-bond donors (Lipinski definition) is 2. The number of hydrazine groups is 1. The van der Waals surface area contributed by atoms with Gasteiger partial charge in [0.05, 0.1) is 23.8 Å². The number of aromatic nitrogens is 4. The number of nitrogens with two attached hydrogens (primary N) is 1. The van der Waals surface area contributed by atoms with Crippen LogP contribution in [0.4, 0.5) is 0 Å². The molecule has 0 fully saturated rings. The first kappa shape index (κ1) is 11.4. The zero-order valence-corrected chi connectivity index (χ0v) is 10.8. The molecule has 3 aromatic heterocycles. The van der Waals surface area contributed by atoms with Crippen molar-refractivity contribution in [2.45, 2.75) is 12.5 Å². The lowest BCUT2D eigenvalue weighted by Crippen LogP contribution is -2.31. The zero-order valence-electron chi connectivity index (χ0n) is 9.95. The third-order valence-electron chi connectivity index (χ3n) is 2.97. The van der Waals surface area contributed by atoms with Gasteiger partial charge in [0.2, 0.25) is 0 Å². The quantitative estimate of drug-likeness (QED) is 0.540. The van der Waals surface area contributed by atoms with Crippen LogP contribution in [-0.4, -0.2) is 18.9 Å². The second-order valence-electron chi connectivity index (χ2n) is 4.18. The van der Waals surface area contributed by atoms with Gasteiger partial charge in [0.15, 0.2) is 4.96 Å². The Balaban J connectivity index is 1.86. The largest absolute Gasteiger partial charge is 0.336 e. The molecule has 3 heterocycles. The number of fused-ring (bicyclic) bond motifs is 1. The molecule has 0 aliphatic heterocycles. The van der Waals surface area contributed by atoms with Crippen molar-refractivity contribution in [3.05, 3.63) is 41.7 Å². The maximum atomic E-state index is 5.63. The van der Waals surface area contributed by atoms with Crippen LogP contribution in [0.5, 0.6) is 0 Å². The van der Waals surface area contributed by atoms with E-state index in [1.54, 1.807) is 17.7 Å². The Kier molecular flexibility index (Phi) is 2.86. The van der Waals surface area contributed by atoms with Crippen LogP contribution in [0, 0.1) is 0 Å². The molecule has 6 nitrogen and oxygen atoms in total. The molecule has 94 valence electrons. The molecule has 7 heteroatoms. The van der Waals surface area contributed by atoms with E-state index in [4.69, 9.17) is 5.84 Å². The standard InChI is InChI=1S/C11H14N6S/c1-16-7-13-5-10(16)9(15-12)4-8-6-17-2-3-18-11(17)14-8/h2-3,5-7,9,15H,4,12H2,1H3. The highest BCUT2D eigenvalue weighted by Crippen LogP contribution is 2.18. The van der Waals surface area contributed by atoms with Gasteiger partial charge in [-0.15, -0.1) is 11.3 Å². The topological polar surface area (TPSA) is 73.2 Å². The molecule has 0 amide bonds. The Morgan fingerprint density at radius 1 is 1.56 bits per heavy atom. The van der Waals surface area contributed by atoms with E-state index in [2.05, 4.69) is 15.4 Å². The fourth-order valence-corrected chi connectivity index (χ4v) is 2.75. The molecular formula is C11H14N6S. The molecule has 0 aliphatic rings. The van der Waals surface area contributed by atoms with Gasteiger partial charge in [0.1, 0.15) is 0 Å². The molecule has 0 spiro atoms. The van der Waals surface area contributed by atoms with Crippen LogP contribution in [0.1, 0.15) is 17.4 Å². The van der Waals surface area contributed by atoms with Crippen molar-refractivity contribution >= 4 is 16.3 Å². The predicted octanol–water partition coefficient (Wildman–Crippen LogP) is 0.876. The molecule has 0 radical (unpaired) electrons. The summed E-state index contributed by atoms with van der Waals surface area (Å²) < 4.78 is 3.99. The Morgan fingerprint density at radius 2 is 2.44 bits per heavy atom. The smallest absolute Gasteiger partial charge is 0.193 e. The lowest BCUT2D eigenvalue weighted by molar-refractivity contribution is 0.518. The van der Waals surface area contributed by atoms with E-state index < -0.39 is 0 Å². The summed E-state index contributed by atoms with van der Waals surface area (Å²) in [7, 11) is 1.96. The van der Waals surface area contributed by atoms with Crippen LogP contribution >= 0.6 is 11.3 Å². The summed E-state index contributed by atoms with van der Waals surface area (Å²) in [5, 5.41) is 2.02. The van der Waals surface area contributed by atoms with Crippen molar-refractivity contribution < 1.29 is 0 Å². The van der Waals surface area contributed by atoms with Gasteiger partial charge in [0, 0.05) is 37.4 Å². The number of imidazole rings is 2. The van der Waals surface area contributed by atoms with Crippen molar-refractivity contribution in [2.24, 2.45) is 12.9 Å². The van der Waals surface area contributed by atoms with Crippen molar-refractivity contribution in [3.63, 3.8) is 0 Å². The summed E-state index contributed by atoms with van der Waals surface area (Å²) in [6.07, 6.45) is 8.37. The van der Waals surface area contributed by atoms with Gasteiger partial charge in [-0.1, -0.05) is 0 Å². The lowest BCUT2D eigenvalue weighted by atomic mass is 10.1. The van der Waals surface area contributed by atoms with Gasteiger partial charge in [-0.3, -0.25) is 15.7 Å². The molecule has 1 unspecified atom stereocenters. The number of nitrogens with zero attached hydrogens (tertiary/aromatic N) is 4. The molecule has 0 bridgehead atoms. The lowest BCUT2D eigenvalue weighted by Gasteiger charge is -2.14. The van der Waals surface area contributed by atoms with Crippen LogP contribution in [0.3, 0.4) is 0 Å². The van der Waals surface area contributed by atoms with E-state index in [1.165, 1.54) is 0 Å². The molecule has 3 rings (SSSR count). The maximum absolute atomic E-state index is 5.63. The summed E-state index contributed by atoms with van der Waals surface area (Å²) in [5.74, 6) is 5.63. The summed E-state index contributed by atoms with van der Waals surface area (Å²) in [5.41, 5.74) is 4.89.